The van der Waals surface area contributed by atoms with Crippen molar-refractivity contribution in [3.8, 4) is 0 Å². The van der Waals surface area contributed by atoms with Crippen molar-refractivity contribution in [1.29, 1.82) is 0 Å². The number of aliphatic imine (C=N–C) groups is 1. The van der Waals surface area contributed by atoms with Crippen LogP contribution in [-0.2, 0) is 13.0 Å². The van der Waals surface area contributed by atoms with Crippen molar-refractivity contribution in [2.75, 3.05) is 20.1 Å². The Morgan fingerprint density at radius 1 is 1.26 bits per heavy atom. The lowest BCUT2D eigenvalue weighted by Crippen LogP contribution is -2.38. The number of fused-ring (bicyclic) bond motifs is 1. The van der Waals surface area contributed by atoms with Gasteiger partial charge in [0.1, 0.15) is 17.1 Å². The molecule has 3 aromatic rings. The number of hydrogen-bond acceptors (Lipinski definition) is 4. The SMILES string of the molecule is CCNC(=NCCc1c(C)noc1C)N(C)Cc1cc2ccccc2o1.I. The van der Waals surface area contributed by atoms with Gasteiger partial charge >= 0.3 is 0 Å². The Balaban J connectivity index is 0.00000261. The summed E-state index contributed by atoms with van der Waals surface area (Å²) in [5.41, 5.74) is 3.00. The third kappa shape index (κ3) is 5.24. The molecule has 146 valence electrons. The summed E-state index contributed by atoms with van der Waals surface area (Å²) in [6.45, 7) is 8.13. The van der Waals surface area contributed by atoms with E-state index in [0.29, 0.717) is 13.1 Å². The quantitative estimate of drug-likeness (QED) is 0.323. The second-order valence-electron chi connectivity index (χ2n) is 6.39. The molecule has 0 spiro atoms. The maximum absolute atomic E-state index is 5.92. The van der Waals surface area contributed by atoms with Crippen LogP contribution >= 0.6 is 24.0 Å². The van der Waals surface area contributed by atoms with Crippen molar-refractivity contribution in [2.45, 2.75) is 33.7 Å². The Kier molecular flexibility index (Phi) is 7.70. The summed E-state index contributed by atoms with van der Waals surface area (Å²) in [5, 5.41) is 8.46. The van der Waals surface area contributed by atoms with E-state index in [1.807, 2.05) is 39.1 Å². The number of hydrogen-bond donors (Lipinski definition) is 1. The van der Waals surface area contributed by atoms with Crippen molar-refractivity contribution in [3.63, 3.8) is 0 Å². The summed E-state index contributed by atoms with van der Waals surface area (Å²) in [4.78, 5) is 6.82. The predicted molar refractivity (Wildman–Crippen MR) is 119 cm³/mol. The molecule has 0 saturated carbocycles. The number of rotatable bonds is 6. The lowest BCUT2D eigenvalue weighted by Gasteiger charge is -2.21. The second-order valence-corrected chi connectivity index (χ2v) is 6.39. The molecule has 2 aromatic heterocycles. The zero-order valence-corrected chi connectivity index (χ0v) is 18.6. The topological polar surface area (TPSA) is 66.8 Å². The van der Waals surface area contributed by atoms with E-state index >= 15 is 0 Å². The van der Waals surface area contributed by atoms with Gasteiger partial charge in [-0.1, -0.05) is 23.4 Å². The summed E-state index contributed by atoms with van der Waals surface area (Å²) >= 11 is 0. The van der Waals surface area contributed by atoms with Crippen molar-refractivity contribution in [3.05, 3.63) is 53.1 Å². The van der Waals surface area contributed by atoms with Crippen molar-refractivity contribution >= 4 is 40.9 Å². The molecule has 0 aliphatic heterocycles. The third-order valence-corrected chi connectivity index (χ3v) is 4.37. The summed E-state index contributed by atoms with van der Waals surface area (Å²) in [5.74, 6) is 2.66. The fraction of sp³-hybridized carbons (Fsp3) is 0.400. The van der Waals surface area contributed by atoms with E-state index in [1.54, 1.807) is 0 Å². The maximum Gasteiger partial charge on any atom is 0.194 e. The minimum absolute atomic E-state index is 0. The standard InChI is InChI=1S/C20H26N4O2.HI/c1-5-21-20(22-11-10-18-14(2)23-26-15(18)3)24(4)13-17-12-16-8-6-7-9-19(16)25-17;/h6-9,12H,5,10-11,13H2,1-4H3,(H,21,22);1H. The molecule has 0 atom stereocenters. The van der Waals surface area contributed by atoms with Gasteiger partial charge in [0.05, 0.1) is 12.2 Å². The number of aromatic nitrogens is 1. The molecule has 0 aliphatic carbocycles. The molecule has 7 heteroatoms. The van der Waals surface area contributed by atoms with Crippen molar-refractivity contribution in [2.24, 2.45) is 4.99 Å². The molecule has 0 radical (unpaired) electrons. The molecule has 0 bridgehead atoms. The van der Waals surface area contributed by atoms with Crippen LogP contribution in [0, 0.1) is 13.8 Å². The lowest BCUT2D eigenvalue weighted by molar-refractivity contribution is 0.392. The highest BCUT2D eigenvalue weighted by molar-refractivity contribution is 14.0. The minimum Gasteiger partial charge on any atom is -0.459 e. The number of furan rings is 1. The first-order valence-electron chi connectivity index (χ1n) is 8.97. The fourth-order valence-electron chi connectivity index (χ4n) is 3.03. The zero-order chi connectivity index (χ0) is 18.5. The summed E-state index contributed by atoms with van der Waals surface area (Å²) in [7, 11) is 2.02. The Morgan fingerprint density at radius 3 is 2.70 bits per heavy atom. The summed E-state index contributed by atoms with van der Waals surface area (Å²) < 4.78 is 11.1. The summed E-state index contributed by atoms with van der Waals surface area (Å²) in [6.07, 6.45) is 0.814. The van der Waals surface area contributed by atoms with E-state index in [-0.39, 0.29) is 24.0 Å². The number of aryl methyl sites for hydroxylation is 2. The molecule has 0 aliphatic rings. The van der Waals surface area contributed by atoms with E-state index < -0.39 is 0 Å². The lowest BCUT2D eigenvalue weighted by atomic mass is 10.1. The number of nitrogens with zero attached hydrogens (tertiary/aromatic N) is 3. The number of benzene rings is 1. The van der Waals surface area contributed by atoms with Crippen molar-refractivity contribution in [1.82, 2.24) is 15.4 Å². The van der Waals surface area contributed by atoms with Gasteiger partial charge in [-0.15, -0.1) is 24.0 Å². The van der Waals surface area contributed by atoms with Gasteiger partial charge in [0.15, 0.2) is 5.96 Å². The average molecular weight is 482 g/mol. The predicted octanol–water partition coefficient (Wildman–Crippen LogP) is 4.30. The van der Waals surface area contributed by atoms with Gasteiger partial charge in [0, 0.05) is 31.1 Å². The first kappa shape index (κ1) is 21.3. The first-order chi connectivity index (χ1) is 12.6. The Labute approximate surface area is 177 Å². The number of nitrogens with one attached hydrogen (secondary N) is 1. The molecule has 27 heavy (non-hydrogen) atoms. The molecule has 3 rings (SSSR count). The van der Waals surface area contributed by atoms with E-state index in [2.05, 4.69) is 34.4 Å². The van der Waals surface area contributed by atoms with Gasteiger partial charge in [0.2, 0.25) is 0 Å². The van der Waals surface area contributed by atoms with Crippen LogP contribution < -0.4 is 5.32 Å². The normalized spacial score (nSPS) is 11.5. The molecule has 6 nitrogen and oxygen atoms in total. The Morgan fingerprint density at radius 2 is 2.04 bits per heavy atom. The van der Waals surface area contributed by atoms with Crippen LogP contribution in [0.5, 0.6) is 0 Å². The Bertz CT molecular complexity index is 848. The molecule has 1 N–H and O–H groups in total. The van der Waals surface area contributed by atoms with Crippen LogP contribution in [0.15, 0.2) is 44.3 Å². The van der Waals surface area contributed by atoms with Crippen LogP contribution in [0.25, 0.3) is 11.0 Å². The third-order valence-electron chi connectivity index (χ3n) is 4.37. The van der Waals surface area contributed by atoms with Gasteiger partial charge in [-0.2, -0.15) is 0 Å². The smallest absolute Gasteiger partial charge is 0.194 e. The van der Waals surface area contributed by atoms with Crippen LogP contribution in [0.3, 0.4) is 0 Å². The second kappa shape index (κ2) is 9.77. The highest BCUT2D eigenvalue weighted by Gasteiger charge is 2.12. The molecular formula is C20H27IN4O2. The molecule has 2 heterocycles. The highest BCUT2D eigenvalue weighted by atomic mass is 127. The molecule has 0 amide bonds. The zero-order valence-electron chi connectivity index (χ0n) is 16.3. The minimum atomic E-state index is 0. The maximum atomic E-state index is 5.92. The molecular weight excluding hydrogens is 455 g/mol. The summed E-state index contributed by atoms with van der Waals surface area (Å²) in [6, 6.07) is 10.1. The van der Waals surface area contributed by atoms with Gasteiger partial charge in [-0.25, -0.2) is 0 Å². The van der Waals surface area contributed by atoms with Gasteiger partial charge in [-0.3, -0.25) is 4.99 Å². The average Bonchev–Trinajstić information content (AvgIpc) is 3.17. The fourth-order valence-corrected chi connectivity index (χ4v) is 3.03. The molecule has 0 unspecified atom stereocenters. The van der Waals surface area contributed by atoms with E-state index in [0.717, 1.165) is 52.7 Å². The van der Waals surface area contributed by atoms with Crippen LogP contribution in [0.2, 0.25) is 0 Å². The number of guanidine groups is 1. The van der Waals surface area contributed by atoms with E-state index in [4.69, 9.17) is 13.9 Å². The van der Waals surface area contributed by atoms with Crippen molar-refractivity contribution < 1.29 is 8.94 Å². The number of halogens is 1. The first-order valence-corrected chi connectivity index (χ1v) is 8.97. The highest BCUT2D eigenvalue weighted by Crippen LogP contribution is 2.19. The van der Waals surface area contributed by atoms with E-state index in [9.17, 15) is 0 Å². The van der Waals surface area contributed by atoms with Crippen LogP contribution in [0.4, 0.5) is 0 Å². The molecule has 0 saturated heterocycles. The monoisotopic (exact) mass is 482 g/mol. The number of para-hydroxylation sites is 1. The van der Waals surface area contributed by atoms with Gasteiger partial charge < -0.3 is 19.2 Å². The molecule has 1 aromatic carbocycles. The Hall–Kier alpha value is -2.03. The van der Waals surface area contributed by atoms with Gasteiger partial charge in [-0.05, 0) is 39.3 Å². The van der Waals surface area contributed by atoms with Crippen LogP contribution in [0.1, 0.15) is 29.7 Å². The van der Waals surface area contributed by atoms with Gasteiger partial charge in [0.25, 0.3) is 0 Å². The molecule has 0 fully saturated rings. The van der Waals surface area contributed by atoms with Crippen LogP contribution in [-0.4, -0.2) is 36.2 Å². The largest absolute Gasteiger partial charge is 0.459 e. The van der Waals surface area contributed by atoms with E-state index in [1.165, 1.54) is 0 Å².